The molecule has 7 rings (SSSR count). The molecule has 0 saturated carbocycles. The molecular weight excluding hydrogens is 594 g/mol. The number of imidazole rings is 1. The number of likely N-dealkylation sites (N-methyl/N-ethyl adjacent to an activating group) is 1. The van der Waals surface area contributed by atoms with E-state index in [1.807, 2.05) is 19.1 Å². The van der Waals surface area contributed by atoms with E-state index in [4.69, 9.17) is 14.5 Å². The fourth-order valence-electron chi connectivity index (χ4n) is 6.43. The molecule has 3 aromatic carbocycles. The molecule has 214 valence electrons. The number of rotatable bonds is 6. The topological polar surface area (TPSA) is 73.9 Å². The van der Waals surface area contributed by atoms with Gasteiger partial charge in [-0.15, -0.1) is 0 Å². The Labute approximate surface area is 253 Å². The van der Waals surface area contributed by atoms with Crippen LogP contribution in [0.25, 0.3) is 16.3 Å². The fraction of sp³-hybridized carbons (Fsp3) is 0.303. The van der Waals surface area contributed by atoms with Crippen molar-refractivity contribution in [2.24, 2.45) is 0 Å². The molecule has 0 spiro atoms. The van der Waals surface area contributed by atoms with Gasteiger partial charge in [-0.3, -0.25) is 0 Å². The number of aryl methyl sites for hydroxylation is 1. The van der Waals surface area contributed by atoms with Crippen LogP contribution in [0.15, 0.2) is 76.8 Å². The van der Waals surface area contributed by atoms with Crippen molar-refractivity contribution in [3.8, 4) is 11.5 Å². The Bertz CT molecular complexity index is 1750. The van der Waals surface area contributed by atoms with E-state index < -0.39 is 0 Å². The van der Waals surface area contributed by atoms with Gasteiger partial charge in [0.15, 0.2) is 17.4 Å². The van der Waals surface area contributed by atoms with Crippen LogP contribution in [0, 0.1) is 6.92 Å². The second-order valence-corrected chi connectivity index (χ2v) is 12.1. The molecule has 0 amide bonds. The molecule has 1 atom stereocenters. The molecular formula is C33H32BrN5O3. The lowest BCUT2D eigenvalue weighted by Crippen LogP contribution is -2.44. The molecule has 1 aromatic heterocycles. The summed E-state index contributed by atoms with van der Waals surface area (Å²) in [7, 11) is 2.15. The standard InChI is InChI=1S/C33H32BrN5O3/c1-21-32(36-19-35-21)28(13-22-7-8-30-31(14-22)42-20-41-30)39-17-27(26-16-24(34)15-23-5-3-4-6-25(23)26)33(29(39)18-40)38-11-9-37(2)10-12-38/h3-8,14-16,19,28H,9-13,17,20H2,1-2H3,(H,35,36). The van der Waals surface area contributed by atoms with Crippen LogP contribution in [0.1, 0.15) is 28.6 Å². The van der Waals surface area contributed by atoms with Crippen molar-refractivity contribution in [3.63, 3.8) is 0 Å². The highest BCUT2D eigenvalue weighted by atomic mass is 79.9. The Morgan fingerprint density at radius 3 is 2.64 bits per heavy atom. The SMILES string of the molecule is Cc1[nH]cnc1C(Cc1ccc2c(c1)OCO2)N1CC(c2cc(Br)cc3ccccc23)=C(N2CCN(C)CC2)C1=C=O. The quantitative estimate of drug-likeness (QED) is 0.290. The maximum Gasteiger partial charge on any atom is 0.231 e. The summed E-state index contributed by atoms with van der Waals surface area (Å²) in [4.78, 5) is 28.0. The Balaban J connectivity index is 1.36. The zero-order valence-electron chi connectivity index (χ0n) is 23.7. The number of carbonyl (C=O) groups excluding carboxylic acids is 1. The zero-order chi connectivity index (χ0) is 28.8. The molecule has 8 nitrogen and oxygen atoms in total. The molecule has 42 heavy (non-hydrogen) atoms. The molecule has 3 aliphatic heterocycles. The first-order valence-corrected chi connectivity index (χ1v) is 15.1. The number of piperazine rings is 1. The number of halogens is 1. The van der Waals surface area contributed by atoms with Gasteiger partial charge < -0.3 is 29.2 Å². The van der Waals surface area contributed by atoms with Gasteiger partial charge in [0.2, 0.25) is 6.79 Å². The average Bonchev–Trinajstić information content (AvgIpc) is 3.74. The first kappa shape index (κ1) is 26.8. The Morgan fingerprint density at radius 1 is 1.05 bits per heavy atom. The van der Waals surface area contributed by atoms with Crippen LogP contribution in [-0.2, 0) is 11.2 Å². The maximum absolute atomic E-state index is 13.1. The van der Waals surface area contributed by atoms with Crippen LogP contribution >= 0.6 is 15.9 Å². The highest BCUT2D eigenvalue weighted by Gasteiger charge is 2.39. The number of aromatic amines is 1. The van der Waals surface area contributed by atoms with E-state index in [1.165, 1.54) is 0 Å². The molecule has 1 N–H and O–H groups in total. The second-order valence-electron chi connectivity index (χ2n) is 11.2. The predicted octanol–water partition coefficient (Wildman–Crippen LogP) is 5.34. The third-order valence-electron chi connectivity index (χ3n) is 8.62. The Kier molecular flexibility index (Phi) is 7.02. The normalized spacial score (nSPS) is 17.8. The predicted molar refractivity (Wildman–Crippen MR) is 166 cm³/mol. The van der Waals surface area contributed by atoms with Crippen LogP contribution in [0.4, 0.5) is 0 Å². The van der Waals surface area contributed by atoms with Crippen molar-refractivity contribution in [1.29, 1.82) is 0 Å². The first-order chi connectivity index (χ1) is 20.5. The summed E-state index contributed by atoms with van der Waals surface area (Å²) in [5, 5.41) is 2.32. The van der Waals surface area contributed by atoms with Gasteiger partial charge in [-0.1, -0.05) is 46.3 Å². The van der Waals surface area contributed by atoms with Crippen molar-refractivity contribution in [2.45, 2.75) is 19.4 Å². The lowest BCUT2D eigenvalue weighted by molar-refractivity contribution is 0.174. The van der Waals surface area contributed by atoms with Gasteiger partial charge in [-0.25, -0.2) is 9.78 Å². The van der Waals surface area contributed by atoms with E-state index in [0.717, 1.165) is 86.7 Å². The number of nitrogens with zero attached hydrogens (tertiary/aromatic N) is 4. The number of hydrogen-bond donors (Lipinski definition) is 1. The number of ether oxygens (including phenoxy) is 2. The van der Waals surface area contributed by atoms with Crippen molar-refractivity contribution < 1.29 is 14.3 Å². The van der Waals surface area contributed by atoms with Gasteiger partial charge in [0.1, 0.15) is 5.70 Å². The number of benzene rings is 3. The molecule has 1 saturated heterocycles. The minimum atomic E-state index is -0.202. The largest absolute Gasteiger partial charge is 0.454 e. The third kappa shape index (κ3) is 4.77. The van der Waals surface area contributed by atoms with E-state index in [9.17, 15) is 4.79 Å². The van der Waals surface area contributed by atoms with Gasteiger partial charge in [0, 0.05) is 48.5 Å². The second kappa shape index (κ2) is 11.0. The summed E-state index contributed by atoms with van der Waals surface area (Å²) in [5.41, 5.74) is 6.81. The number of hydrogen-bond acceptors (Lipinski definition) is 7. The average molecular weight is 627 g/mol. The number of fused-ring (bicyclic) bond motifs is 2. The highest BCUT2D eigenvalue weighted by Crippen LogP contribution is 2.44. The number of H-pyrrole nitrogens is 1. The zero-order valence-corrected chi connectivity index (χ0v) is 25.3. The lowest BCUT2D eigenvalue weighted by atomic mass is 9.96. The highest BCUT2D eigenvalue weighted by molar-refractivity contribution is 9.10. The van der Waals surface area contributed by atoms with Gasteiger partial charge in [0.05, 0.1) is 23.8 Å². The summed E-state index contributed by atoms with van der Waals surface area (Å²) in [6.45, 7) is 6.37. The maximum atomic E-state index is 13.1. The summed E-state index contributed by atoms with van der Waals surface area (Å²) in [5.74, 6) is 3.91. The van der Waals surface area contributed by atoms with Crippen molar-refractivity contribution in [1.82, 2.24) is 24.7 Å². The first-order valence-electron chi connectivity index (χ1n) is 14.3. The lowest BCUT2D eigenvalue weighted by Gasteiger charge is -2.36. The van der Waals surface area contributed by atoms with E-state index in [-0.39, 0.29) is 12.8 Å². The van der Waals surface area contributed by atoms with Crippen molar-refractivity contribution in [3.05, 3.63) is 99.3 Å². The Morgan fingerprint density at radius 2 is 1.86 bits per heavy atom. The fourth-order valence-corrected chi connectivity index (χ4v) is 6.91. The number of aromatic nitrogens is 2. The Hall–Kier alpha value is -4.04. The van der Waals surface area contributed by atoms with Gasteiger partial charge in [0.25, 0.3) is 0 Å². The van der Waals surface area contributed by atoms with Crippen LogP contribution in [0.3, 0.4) is 0 Å². The molecule has 0 aliphatic carbocycles. The summed E-state index contributed by atoms with van der Waals surface area (Å²) >= 11 is 3.76. The molecule has 3 aliphatic rings. The van der Waals surface area contributed by atoms with Gasteiger partial charge >= 0.3 is 0 Å². The summed E-state index contributed by atoms with van der Waals surface area (Å²) < 4.78 is 12.3. The monoisotopic (exact) mass is 625 g/mol. The van der Waals surface area contributed by atoms with Crippen molar-refractivity contribution in [2.75, 3.05) is 46.6 Å². The summed E-state index contributed by atoms with van der Waals surface area (Å²) in [6.07, 6.45) is 2.37. The van der Waals surface area contributed by atoms with Gasteiger partial charge in [-0.05, 0) is 66.6 Å². The van der Waals surface area contributed by atoms with E-state index in [0.29, 0.717) is 18.7 Å². The van der Waals surface area contributed by atoms with Crippen LogP contribution < -0.4 is 9.47 Å². The molecule has 1 unspecified atom stereocenters. The summed E-state index contributed by atoms with van der Waals surface area (Å²) in [6, 6.07) is 18.6. The molecule has 0 bridgehead atoms. The minimum Gasteiger partial charge on any atom is -0.454 e. The number of nitrogens with one attached hydrogen (secondary N) is 1. The third-order valence-corrected chi connectivity index (χ3v) is 9.08. The van der Waals surface area contributed by atoms with E-state index in [2.05, 4.69) is 91.1 Å². The molecule has 1 fully saturated rings. The van der Waals surface area contributed by atoms with Crippen LogP contribution in [0.5, 0.6) is 11.5 Å². The van der Waals surface area contributed by atoms with Gasteiger partial charge in [-0.2, -0.15) is 0 Å². The molecule has 9 heteroatoms. The van der Waals surface area contributed by atoms with E-state index in [1.54, 1.807) is 6.33 Å². The van der Waals surface area contributed by atoms with E-state index >= 15 is 0 Å². The minimum absolute atomic E-state index is 0.202. The van der Waals surface area contributed by atoms with Crippen LogP contribution in [-0.4, -0.2) is 77.2 Å². The smallest absolute Gasteiger partial charge is 0.231 e. The van der Waals surface area contributed by atoms with Crippen molar-refractivity contribution >= 4 is 38.2 Å². The molecule has 4 heterocycles. The molecule has 0 radical (unpaired) electrons. The van der Waals surface area contributed by atoms with Crippen LogP contribution in [0.2, 0.25) is 0 Å². The molecule has 4 aromatic rings.